The van der Waals surface area contributed by atoms with Crippen LogP contribution in [0.25, 0.3) is 0 Å². The fourth-order valence-corrected chi connectivity index (χ4v) is 3.95. The van der Waals surface area contributed by atoms with E-state index >= 15 is 0 Å². The predicted octanol–water partition coefficient (Wildman–Crippen LogP) is 5.76. The van der Waals surface area contributed by atoms with Crippen LogP contribution in [0.2, 0.25) is 0 Å². The fraction of sp³-hybridized carbons (Fsp3) is 0.885. The molecule has 0 aliphatic heterocycles. The van der Waals surface area contributed by atoms with Crippen molar-refractivity contribution < 1.29 is 19.5 Å². The number of carboxylic acid groups (broad SMARTS) is 1. The van der Waals surface area contributed by atoms with Gasteiger partial charge in [0.25, 0.3) is 0 Å². The number of nitrogens with two attached hydrogens (primary N) is 1. The summed E-state index contributed by atoms with van der Waals surface area (Å²) >= 11 is 0. The average Bonchev–Trinajstić information content (AvgIpc) is 2.77. The summed E-state index contributed by atoms with van der Waals surface area (Å²) in [4.78, 5) is 36.2. The minimum atomic E-state index is -0.996. The van der Waals surface area contributed by atoms with Crippen LogP contribution in [0.4, 0.5) is 0 Å². The highest BCUT2D eigenvalue weighted by Crippen LogP contribution is 2.18. The molecule has 0 radical (unpaired) electrons. The number of ketones is 1. The highest BCUT2D eigenvalue weighted by molar-refractivity contribution is 6.01. The fourth-order valence-electron chi connectivity index (χ4n) is 3.95. The van der Waals surface area contributed by atoms with E-state index in [2.05, 4.69) is 19.2 Å². The lowest BCUT2D eigenvalue weighted by Crippen LogP contribution is -2.36. The smallest absolute Gasteiger partial charge is 0.320 e. The lowest BCUT2D eigenvalue weighted by molar-refractivity contribution is -0.139. The van der Waals surface area contributed by atoms with Gasteiger partial charge >= 0.3 is 5.97 Å². The van der Waals surface area contributed by atoms with Gasteiger partial charge in [-0.15, -0.1) is 0 Å². The van der Waals surface area contributed by atoms with Crippen LogP contribution in [0.5, 0.6) is 0 Å². The minimum absolute atomic E-state index is 0.0786. The molecule has 0 fully saturated rings. The van der Waals surface area contributed by atoms with Crippen molar-refractivity contribution in [1.29, 1.82) is 0 Å². The van der Waals surface area contributed by atoms with E-state index in [0.717, 1.165) is 32.1 Å². The summed E-state index contributed by atoms with van der Waals surface area (Å²) in [6.07, 6.45) is 17.8. The van der Waals surface area contributed by atoms with E-state index in [9.17, 15) is 14.4 Å². The second-order valence-corrected chi connectivity index (χ2v) is 9.18. The minimum Gasteiger partial charge on any atom is -0.480 e. The number of carbonyl (C=O) groups excluding carboxylic acids is 2. The van der Waals surface area contributed by atoms with Crippen LogP contribution in [-0.4, -0.2) is 35.4 Å². The summed E-state index contributed by atoms with van der Waals surface area (Å²) in [6, 6.07) is -0.852. The standard InChI is InChI=1S/C26H50N2O4/c1-3-5-7-9-10-11-13-14-18-22(24(29)20-15-12-8-6-4-2)25(30)28-21-17-16-19-23(27)26(31)32/h22-23H,3-21,27H2,1-2H3,(H,28,30)(H,31,32)/t22?,23-/m0/s1. The SMILES string of the molecule is CCCCCCCCCCC(C(=O)CCCCCCC)C(=O)NCCCC[C@H](N)C(=O)O. The first-order chi connectivity index (χ1) is 15.4. The zero-order chi connectivity index (χ0) is 24.0. The second kappa shape index (κ2) is 21.4. The van der Waals surface area contributed by atoms with Crippen LogP contribution in [0.15, 0.2) is 0 Å². The van der Waals surface area contributed by atoms with E-state index in [1.165, 1.54) is 51.4 Å². The molecule has 0 bridgehead atoms. The van der Waals surface area contributed by atoms with Gasteiger partial charge in [0.2, 0.25) is 5.91 Å². The van der Waals surface area contributed by atoms with Gasteiger partial charge in [0.05, 0.1) is 5.92 Å². The first kappa shape index (κ1) is 30.6. The van der Waals surface area contributed by atoms with Crippen LogP contribution in [-0.2, 0) is 14.4 Å². The molecule has 0 heterocycles. The zero-order valence-corrected chi connectivity index (χ0v) is 20.8. The maximum absolute atomic E-state index is 12.8. The van der Waals surface area contributed by atoms with E-state index in [1.54, 1.807) is 0 Å². The quantitative estimate of drug-likeness (QED) is 0.134. The van der Waals surface area contributed by atoms with Crippen molar-refractivity contribution in [2.24, 2.45) is 11.7 Å². The number of carboxylic acids is 1. The molecule has 6 heteroatoms. The molecule has 0 aromatic carbocycles. The van der Waals surface area contributed by atoms with Gasteiger partial charge in [-0.25, -0.2) is 0 Å². The lowest BCUT2D eigenvalue weighted by atomic mass is 9.92. The molecule has 0 aliphatic carbocycles. The Bertz CT molecular complexity index is 496. The van der Waals surface area contributed by atoms with E-state index in [1.807, 2.05) is 0 Å². The lowest BCUT2D eigenvalue weighted by Gasteiger charge is -2.16. The number of Topliss-reactive ketones (excluding diaryl/α,β-unsaturated/α-hetero) is 1. The van der Waals surface area contributed by atoms with Crippen LogP contribution < -0.4 is 11.1 Å². The van der Waals surface area contributed by atoms with Crippen molar-refractivity contribution in [3.8, 4) is 0 Å². The Hall–Kier alpha value is -1.43. The summed E-state index contributed by atoms with van der Waals surface area (Å²) in [7, 11) is 0. The average molecular weight is 455 g/mol. The van der Waals surface area contributed by atoms with Gasteiger partial charge < -0.3 is 16.2 Å². The summed E-state index contributed by atoms with van der Waals surface area (Å²) in [5.74, 6) is -1.62. The van der Waals surface area contributed by atoms with E-state index in [4.69, 9.17) is 10.8 Å². The maximum Gasteiger partial charge on any atom is 0.320 e. The normalized spacial score (nSPS) is 13.0. The molecule has 0 aliphatic rings. The number of aliphatic carboxylic acids is 1. The Morgan fingerprint density at radius 2 is 1.22 bits per heavy atom. The number of nitrogens with one attached hydrogen (secondary N) is 1. The number of unbranched alkanes of at least 4 members (excludes halogenated alkanes) is 12. The second-order valence-electron chi connectivity index (χ2n) is 9.18. The predicted molar refractivity (Wildman–Crippen MR) is 132 cm³/mol. The molecule has 1 unspecified atom stereocenters. The highest BCUT2D eigenvalue weighted by Gasteiger charge is 2.25. The molecule has 32 heavy (non-hydrogen) atoms. The molecule has 0 aromatic rings. The van der Waals surface area contributed by atoms with Crippen molar-refractivity contribution in [3.05, 3.63) is 0 Å². The Morgan fingerprint density at radius 3 is 1.78 bits per heavy atom. The van der Waals surface area contributed by atoms with E-state index in [0.29, 0.717) is 38.6 Å². The van der Waals surface area contributed by atoms with Gasteiger partial charge in [0, 0.05) is 13.0 Å². The number of carbonyl (C=O) groups is 3. The third-order valence-corrected chi connectivity index (χ3v) is 6.14. The van der Waals surface area contributed by atoms with Crippen molar-refractivity contribution in [3.63, 3.8) is 0 Å². The van der Waals surface area contributed by atoms with Gasteiger partial charge in [-0.3, -0.25) is 14.4 Å². The van der Waals surface area contributed by atoms with Gasteiger partial charge in [-0.1, -0.05) is 90.9 Å². The molecule has 1 amide bonds. The molecule has 0 aromatic heterocycles. The Morgan fingerprint density at radius 1 is 0.719 bits per heavy atom. The Balaban J connectivity index is 4.35. The molecule has 6 nitrogen and oxygen atoms in total. The molecule has 188 valence electrons. The van der Waals surface area contributed by atoms with Gasteiger partial charge in [-0.05, 0) is 32.1 Å². The van der Waals surface area contributed by atoms with Crippen molar-refractivity contribution in [1.82, 2.24) is 5.32 Å². The first-order valence-corrected chi connectivity index (χ1v) is 13.2. The van der Waals surface area contributed by atoms with Crippen molar-refractivity contribution >= 4 is 17.7 Å². The van der Waals surface area contributed by atoms with Gasteiger partial charge in [0.1, 0.15) is 11.8 Å². The topological polar surface area (TPSA) is 109 Å². The van der Waals surface area contributed by atoms with E-state index < -0.39 is 17.9 Å². The summed E-state index contributed by atoms with van der Waals surface area (Å²) < 4.78 is 0. The van der Waals surface area contributed by atoms with Gasteiger partial charge in [0.15, 0.2) is 0 Å². The molecule has 2 atom stereocenters. The zero-order valence-electron chi connectivity index (χ0n) is 20.8. The van der Waals surface area contributed by atoms with E-state index in [-0.39, 0.29) is 11.7 Å². The largest absolute Gasteiger partial charge is 0.480 e. The molecule has 0 saturated heterocycles. The number of rotatable bonds is 23. The summed E-state index contributed by atoms with van der Waals surface area (Å²) in [5.41, 5.74) is 5.51. The number of amides is 1. The summed E-state index contributed by atoms with van der Waals surface area (Å²) in [5, 5.41) is 11.7. The highest BCUT2D eigenvalue weighted by atomic mass is 16.4. The maximum atomic E-state index is 12.8. The monoisotopic (exact) mass is 454 g/mol. The van der Waals surface area contributed by atoms with Crippen molar-refractivity contribution in [2.75, 3.05) is 6.54 Å². The van der Waals surface area contributed by atoms with Crippen LogP contribution in [0.1, 0.15) is 129 Å². The molecular formula is C26H50N2O4. The van der Waals surface area contributed by atoms with Crippen molar-refractivity contribution in [2.45, 2.75) is 135 Å². The third-order valence-electron chi connectivity index (χ3n) is 6.14. The van der Waals surface area contributed by atoms with Crippen LogP contribution in [0.3, 0.4) is 0 Å². The summed E-state index contributed by atoms with van der Waals surface area (Å²) in [6.45, 7) is 4.85. The van der Waals surface area contributed by atoms with Crippen LogP contribution >= 0.6 is 0 Å². The Labute approximate surface area is 196 Å². The Kier molecular flexibility index (Phi) is 20.5. The number of hydrogen-bond acceptors (Lipinski definition) is 4. The van der Waals surface area contributed by atoms with Gasteiger partial charge in [-0.2, -0.15) is 0 Å². The molecular weight excluding hydrogens is 404 g/mol. The molecule has 0 spiro atoms. The number of hydrogen-bond donors (Lipinski definition) is 3. The molecule has 0 saturated carbocycles. The first-order valence-electron chi connectivity index (χ1n) is 13.2. The van der Waals surface area contributed by atoms with Crippen LogP contribution in [0, 0.1) is 5.92 Å². The molecule has 4 N–H and O–H groups in total. The molecule has 0 rings (SSSR count). The third kappa shape index (κ3) is 17.2.